The maximum absolute atomic E-state index is 11.4. The summed E-state index contributed by atoms with van der Waals surface area (Å²) in [7, 11) is 0. The fourth-order valence-electron chi connectivity index (χ4n) is 3.69. The first-order valence-corrected chi connectivity index (χ1v) is 8.74. The number of hydrogen-bond donors (Lipinski definition) is 2. The van der Waals surface area contributed by atoms with Gasteiger partial charge in [-0.05, 0) is 54.5 Å². The van der Waals surface area contributed by atoms with Crippen molar-refractivity contribution in [3.8, 4) is 5.75 Å². The predicted molar refractivity (Wildman–Crippen MR) is 102 cm³/mol. The van der Waals surface area contributed by atoms with Gasteiger partial charge < -0.3 is 15.8 Å². The first-order valence-electron chi connectivity index (χ1n) is 8.74. The number of nitrogens with two attached hydrogens (primary N) is 1. The number of carbonyl (C=O) groups is 1. The summed E-state index contributed by atoms with van der Waals surface area (Å²) in [6.45, 7) is 11.1. The number of anilines is 1. The molecule has 0 bridgehead atoms. The number of fused-ring (bicyclic) bond motifs is 1. The predicted octanol–water partition coefficient (Wildman–Crippen LogP) is 4.75. The summed E-state index contributed by atoms with van der Waals surface area (Å²) in [6.07, 6.45) is 0. The lowest BCUT2D eigenvalue weighted by molar-refractivity contribution is 0.259. The molecule has 3 N–H and O–H groups in total. The lowest BCUT2D eigenvalue weighted by Gasteiger charge is -2.19. The van der Waals surface area contributed by atoms with E-state index in [0.29, 0.717) is 12.5 Å². The highest BCUT2D eigenvalue weighted by Crippen LogP contribution is 2.46. The van der Waals surface area contributed by atoms with Crippen LogP contribution < -0.4 is 15.8 Å². The molecule has 132 valence electrons. The molecule has 2 aromatic carbocycles. The molecule has 0 aliphatic carbocycles. The minimum absolute atomic E-state index is 0.170. The molecule has 0 saturated heterocycles. The lowest BCUT2D eigenvalue weighted by atomic mass is 9.86. The van der Waals surface area contributed by atoms with E-state index in [2.05, 4.69) is 43.4 Å². The van der Waals surface area contributed by atoms with Gasteiger partial charge in [0.25, 0.3) is 0 Å². The summed E-state index contributed by atoms with van der Waals surface area (Å²) in [5.74, 6) is 1.63. The van der Waals surface area contributed by atoms with E-state index in [4.69, 9.17) is 10.5 Å². The maximum atomic E-state index is 11.4. The smallest absolute Gasteiger partial charge is 0.316 e. The third-order valence-corrected chi connectivity index (χ3v) is 5.30. The Bertz CT molecular complexity index is 823. The molecule has 1 aliphatic rings. The van der Waals surface area contributed by atoms with Gasteiger partial charge >= 0.3 is 6.03 Å². The van der Waals surface area contributed by atoms with Crippen LogP contribution in [0.3, 0.4) is 0 Å². The highest BCUT2D eigenvalue weighted by Gasteiger charge is 2.32. The van der Waals surface area contributed by atoms with Crippen molar-refractivity contribution in [2.24, 2.45) is 5.73 Å². The van der Waals surface area contributed by atoms with Gasteiger partial charge in [-0.15, -0.1) is 0 Å². The van der Waals surface area contributed by atoms with Crippen molar-refractivity contribution in [1.82, 2.24) is 0 Å². The summed E-state index contributed by atoms with van der Waals surface area (Å²) in [4.78, 5) is 11.4. The highest BCUT2D eigenvalue weighted by atomic mass is 16.5. The van der Waals surface area contributed by atoms with Gasteiger partial charge in [0.2, 0.25) is 0 Å². The van der Waals surface area contributed by atoms with E-state index in [1.54, 1.807) is 0 Å². The molecule has 0 unspecified atom stereocenters. The summed E-state index contributed by atoms with van der Waals surface area (Å²) in [6, 6.07) is 8.22. The summed E-state index contributed by atoms with van der Waals surface area (Å²) in [5.41, 5.74) is 13.0. The van der Waals surface area contributed by atoms with Gasteiger partial charge in [-0.3, -0.25) is 0 Å². The van der Waals surface area contributed by atoms with Crippen LogP contribution in [0.4, 0.5) is 10.5 Å². The third kappa shape index (κ3) is 2.97. The average Bonchev–Trinajstić information content (AvgIpc) is 3.02. The quantitative estimate of drug-likeness (QED) is 0.848. The Kier molecular flexibility index (Phi) is 4.46. The van der Waals surface area contributed by atoms with Crippen molar-refractivity contribution < 1.29 is 9.53 Å². The Morgan fingerprint density at radius 3 is 2.32 bits per heavy atom. The van der Waals surface area contributed by atoms with Crippen LogP contribution in [0.15, 0.2) is 24.3 Å². The van der Waals surface area contributed by atoms with Crippen molar-refractivity contribution in [3.05, 3.63) is 57.6 Å². The molecule has 3 rings (SSSR count). The lowest BCUT2D eigenvalue weighted by Crippen LogP contribution is -2.21. The third-order valence-electron chi connectivity index (χ3n) is 5.30. The SMILES string of the molecule is Cc1c(C)c2c(c(C)c1NC(N)=O)[C@@H](c1ccc(C(C)C)cc1)CO2. The number of amides is 2. The summed E-state index contributed by atoms with van der Waals surface area (Å²) < 4.78 is 6.05. The summed E-state index contributed by atoms with van der Waals surface area (Å²) in [5, 5.41) is 2.79. The van der Waals surface area contributed by atoms with Crippen LogP contribution in [0.1, 0.15) is 59.1 Å². The van der Waals surface area contributed by atoms with Gasteiger partial charge in [-0.2, -0.15) is 0 Å². The fourth-order valence-corrected chi connectivity index (χ4v) is 3.69. The zero-order valence-corrected chi connectivity index (χ0v) is 15.6. The number of nitrogens with one attached hydrogen (secondary N) is 1. The standard InChI is InChI=1S/C21H26N2O2/c1-11(2)15-6-8-16(9-7-15)17-10-25-20-13(4)12(3)19(23-21(22)24)14(5)18(17)20/h6-9,11,17H,10H2,1-5H3,(H3,22,23,24)/t17-/m1/s1. The Labute approximate surface area is 149 Å². The van der Waals surface area contributed by atoms with E-state index in [-0.39, 0.29) is 5.92 Å². The minimum Gasteiger partial charge on any atom is -0.492 e. The largest absolute Gasteiger partial charge is 0.492 e. The average molecular weight is 338 g/mol. The second kappa shape index (κ2) is 6.43. The van der Waals surface area contributed by atoms with Gasteiger partial charge in [0.05, 0.1) is 6.61 Å². The maximum Gasteiger partial charge on any atom is 0.316 e. The molecule has 4 heteroatoms. The highest BCUT2D eigenvalue weighted by molar-refractivity contribution is 5.91. The number of hydrogen-bond acceptors (Lipinski definition) is 2. The molecule has 1 heterocycles. The van der Waals surface area contributed by atoms with Crippen LogP contribution in [0.25, 0.3) is 0 Å². The van der Waals surface area contributed by atoms with Crippen LogP contribution >= 0.6 is 0 Å². The zero-order chi connectivity index (χ0) is 18.3. The Morgan fingerprint density at radius 2 is 1.76 bits per heavy atom. The van der Waals surface area contributed by atoms with Crippen LogP contribution in [-0.2, 0) is 0 Å². The first-order chi connectivity index (χ1) is 11.8. The molecule has 2 aromatic rings. The molecule has 25 heavy (non-hydrogen) atoms. The molecule has 0 radical (unpaired) electrons. The Hall–Kier alpha value is -2.49. The molecule has 0 saturated carbocycles. The first kappa shape index (κ1) is 17.3. The van der Waals surface area contributed by atoms with Gasteiger partial charge in [0, 0.05) is 17.2 Å². The van der Waals surface area contributed by atoms with Crippen molar-refractivity contribution in [2.75, 3.05) is 11.9 Å². The van der Waals surface area contributed by atoms with E-state index in [0.717, 1.165) is 33.7 Å². The molecule has 4 nitrogen and oxygen atoms in total. The molecule has 0 aromatic heterocycles. The molecule has 1 aliphatic heterocycles. The normalized spacial score (nSPS) is 15.8. The Morgan fingerprint density at radius 1 is 1.12 bits per heavy atom. The molecule has 0 fully saturated rings. The Balaban J connectivity index is 2.09. The number of primary amides is 1. The van der Waals surface area contributed by atoms with Crippen LogP contribution in [0, 0.1) is 20.8 Å². The van der Waals surface area contributed by atoms with Gasteiger partial charge in [-0.1, -0.05) is 38.1 Å². The second-order valence-electron chi connectivity index (χ2n) is 7.17. The van der Waals surface area contributed by atoms with Crippen LogP contribution in [0.2, 0.25) is 0 Å². The van der Waals surface area contributed by atoms with Crippen molar-refractivity contribution in [3.63, 3.8) is 0 Å². The molecular weight excluding hydrogens is 312 g/mol. The molecular formula is C21H26N2O2. The van der Waals surface area contributed by atoms with E-state index in [1.165, 1.54) is 11.1 Å². The minimum atomic E-state index is -0.540. The van der Waals surface area contributed by atoms with Gasteiger partial charge in [-0.25, -0.2) is 4.79 Å². The second-order valence-corrected chi connectivity index (χ2v) is 7.17. The number of ether oxygens (including phenoxy) is 1. The number of rotatable bonds is 3. The number of urea groups is 1. The topological polar surface area (TPSA) is 64.3 Å². The van der Waals surface area contributed by atoms with Crippen LogP contribution in [-0.4, -0.2) is 12.6 Å². The number of carbonyl (C=O) groups excluding carboxylic acids is 1. The fraction of sp³-hybridized carbons (Fsp3) is 0.381. The van der Waals surface area contributed by atoms with E-state index >= 15 is 0 Å². The summed E-state index contributed by atoms with van der Waals surface area (Å²) >= 11 is 0. The molecule has 1 atom stereocenters. The molecule has 2 amide bonds. The number of benzene rings is 2. The van der Waals surface area contributed by atoms with E-state index < -0.39 is 6.03 Å². The van der Waals surface area contributed by atoms with Crippen molar-refractivity contribution in [2.45, 2.75) is 46.5 Å². The van der Waals surface area contributed by atoms with E-state index in [9.17, 15) is 4.79 Å². The zero-order valence-electron chi connectivity index (χ0n) is 15.6. The van der Waals surface area contributed by atoms with Gasteiger partial charge in [0.1, 0.15) is 5.75 Å². The van der Waals surface area contributed by atoms with Crippen molar-refractivity contribution in [1.29, 1.82) is 0 Å². The monoisotopic (exact) mass is 338 g/mol. The van der Waals surface area contributed by atoms with Crippen molar-refractivity contribution >= 4 is 11.7 Å². The van der Waals surface area contributed by atoms with Gasteiger partial charge in [0.15, 0.2) is 0 Å². The molecule has 0 spiro atoms. The van der Waals surface area contributed by atoms with E-state index in [1.807, 2.05) is 20.8 Å². The van der Waals surface area contributed by atoms with Crippen LogP contribution in [0.5, 0.6) is 5.75 Å².